The molecule has 0 aliphatic carbocycles. The smallest absolute Gasteiger partial charge is 0.190 e. The molecule has 0 aliphatic heterocycles. The largest absolute Gasteiger partial charge is 0.298 e. The molecule has 0 fully saturated rings. The molecule has 2 nitrogen and oxygen atoms in total. The topological polar surface area (TPSA) is 20.3 Å². The number of ketones is 1. The number of rotatable bonds is 8. The van der Waals surface area contributed by atoms with Crippen molar-refractivity contribution in [2.24, 2.45) is 0 Å². The van der Waals surface area contributed by atoms with Crippen molar-refractivity contribution in [1.82, 2.24) is 4.90 Å². The summed E-state index contributed by atoms with van der Waals surface area (Å²) >= 11 is 12.0. The quantitative estimate of drug-likeness (QED) is 0.286. The summed E-state index contributed by atoms with van der Waals surface area (Å²) in [6.45, 7) is 5.29. The van der Waals surface area contributed by atoms with Crippen LogP contribution in [0.1, 0.15) is 16.7 Å². The van der Waals surface area contributed by atoms with Gasteiger partial charge in [-0.15, -0.1) is 0 Å². The van der Waals surface area contributed by atoms with E-state index in [2.05, 4.69) is 23.6 Å². The summed E-state index contributed by atoms with van der Waals surface area (Å²) in [7, 11) is 1.98. The molecule has 0 unspecified atom stereocenters. The van der Waals surface area contributed by atoms with Gasteiger partial charge in [0, 0.05) is 34.3 Å². The van der Waals surface area contributed by atoms with Crippen molar-refractivity contribution in [3.63, 3.8) is 0 Å². The first kappa shape index (κ1) is 22.0. The van der Waals surface area contributed by atoms with Crippen molar-refractivity contribution in [3.8, 4) is 0 Å². The molecule has 0 atom stereocenters. The van der Waals surface area contributed by atoms with Crippen LogP contribution in [0, 0.1) is 0 Å². The van der Waals surface area contributed by atoms with Crippen LogP contribution in [0.3, 0.4) is 0 Å². The van der Waals surface area contributed by atoms with E-state index in [0.717, 1.165) is 17.7 Å². The zero-order valence-corrected chi connectivity index (χ0v) is 18.3. The molecular formula is C26H23Cl2NO. The highest BCUT2D eigenvalue weighted by Crippen LogP contribution is 2.25. The molecule has 0 N–H and O–H groups in total. The Balaban J connectivity index is 1.83. The molecule has 0 saturated carbocycles. The maximum atomic E-state index is 13.3. The second-order valence-electron chi connectivity index (χ2n) is 7.21. The van der Waals surface area contributed by atoms with Crippen LogP contribution in [0.5, 0.6) is 0 Å². The third-order valence-electron chi connectivity index (χ3n) is 4.66. The van der Waals surface area contributed by atoms with Crippen LogP contribution in [-0.4, -0.2) is 24.3 Å². The van der Waals surface area contributed by atoms with Gasteiger partial charge in [-0.3, -0.25) is 9.69 Å². The predicted octanol–water partition coefficient (Wildman–Crippen LogP) is 6.79. The van der Waals surface area contributed by atoms with E-state index in [1.54, 1.807) is 24.3 Å². The number of allylic oxidation sites excluding steroid dienone is 1. The molecule has 0 saturated heterocycles. The molecule has 0 spiro atoms. The second kappa shape index (κ2) is 10.4. The number of likely N-dealkylation sites (N-methyl/N-ethyl adjacent to an activating group) is 1. The fraction of sp³-hybridized carbons (Fsp3) is 0.115. The Bertz CT molecular complexity index is 1040. The molecule has 0 bridgehead atoms. The predicted molar refractivity (Wildman–Crippen MR) is 128 cm³/mol. The Hall–Kier alpha value is -2.65. The highest BCUT2D eigenvalue weighted by molar-refractivity contribution is 6.33. The van der Waals surface area contributed by atoms with E-state index in [0.29, 0.717) is 27.7 Å². The monoisotopic (exact) mass is 435 g/mol. The summed E-state index contributed by atoms with van der Waals surface area (Å²) < 4.78 is 0. The lowest BCUT2D eigenvalue weighted by Gasteiger charge is -2.18. The van der Waals surface area contributed by atoms with Gasteiger partial charge in [-0.05, 0) is 54.1 Å². The van der Waals surface area contributed by atoms with Gasteiger partial charge >= 0.3 is 0 Å². The van der Waals surface area contributed by atoms with Gasteiger partial charge in [0.25, 0.3) is 0 Å². The molecule has 30 heavy (non-hydrogen) atoms. The summed E-state index contributed by atoms with van der Waals surface area (Å²) in [6.07, 6.45) is 1.87. The lowest BCUT2D eigenvalue weighted by Crippen LogP contribution is -2.23. The average molecular weight is 436 g/mol. The van der Waals surface area contributed by atoms with E-state index in [4.69, 9.17) is 23.2 Å². The normalized spacial score (nSPS) is 11.5. The van der Waals surface area contributed by atoms with Crippen molar-refractivity contribution < 1.29 is 4.79 Å². The van der Waals surface area contributed by atoms with E-state index in [1.165, 1.54) is 5.56 Å². The van der Waals surface area contributed by atoms with Crippen LogP contribution >= 0.6 is 23.2 Å². The average Bonchev–Trinajstić information content (AvgIpc) is 2.74. The number of hydrogen-bond acceptors (Lipinski definition) is 2. The van der Waals surface area contributed by atoms with E-state index in [1.807, 2.05) is 55.6 Å². The van der Waals surface area contributed by atoms with Gasteiger partial charge in [0.2, 0.25) is 0 Å². The van der Waals surface area contributed by atoms with Crippen LogP contribution in [0.15, 0.2) is 91.0 Å². The van der Waals surface area contributed by atoms with Crippen molar-refractivity contribution in [2.45, 2.75) is 6.54 Å². The van der Waals surface area contributed by atoms with E-state index in [9.17, 15) is 4.79 Å². The molecule has 0 heterocycles. The first-order valence-electron chi connectivity index (χ1n) is 9.60. The van der Waals surface area contributed by atoms with Crippen molar-refractivity contribution in [1.29, 1.82) is 0 Å². The molecule has 0 aromatic heterocycles. The summed E-state index contributed by atoms with van der Waals surface area (Å²) in [6, 6.07) is 24.8. The number of Topliss-reactive ketones (excluding diaryl/α,β-unsaturated/α-hetero) is 1. The minimum absolute atomic E-state index is 0.0906. The molecule has 0 radical (unpaired) electrons. The minimum Gasteiger partial charge on any atom is -0.298 e. The molecule has 3 aromatic carbocycles. The highest BCUT2D eigenvalue weighted by Gasteiger charge is 2.17. The van der Waals surface area contributed by atoms with Crippen molar-refractivity contribution >= 4 is 40.6 Å². The Morgan fingerprint density at radius 1 is 0.900 bits per heavy atom. The third-order valence-corrected chi connectivity index (χ3v) is 5.16. The van der Waals surface area contributed by atoms with Gasteiger partial charge in [-0.1, -0.05) is 84.4 Å². The van der Waals surface area contributed by atoms with Crippen LogP contribution in [0.25, 0.3) is 11.6 Å². The summed E-state index contributed by atoms with van der Waals surface area (Å²) in [5.41, 5.74) is 3.99. The maximum absolute atomic E-state index is 13.3. The summed E-state index contributed by atoms with van der Waals surface area (Å²) in [4.78, 5) is 15.4. The highest BCUT2D eigenvalue weighted by atomic mass is 35.5. The van der Waals surface area contributed by atoms with Crippen molar-refractivity contribution in [3.05, 3.63) is 118 Å². The van der Waals surface area contributed by atoms with Gasteiger partial charge in [-0.2, -0.15) is 0 Å². The number of carbonyl (C=O) groups excluding carboxylic acids is 1. The van der Waals surface area contributed by atoms with E-state index in [-0.39, 0.29) is 5.78 Å². The van der Waals surface area contributed by atoms with Gasteiger partial charge in [0.15, 0.2) is 5.78 Å². The van der Waals surface area contributed by atoms with Gasteiger partial charge in [-0.25, -0.2) is 0 Å². The molecule has 3 aromatic rings. The zero-order valence-electron chi connectivity index (χ0n) is 16.8. The maximum Gasteiger partial charge on any atom is 0.190 e. The third kappa shape index (κ3) is 6.17. The first-order valence-corrected chi connectivity index (χ1v) is 10.4. The number of nitrogens with zero attached hydrogens (tertiary/aromatic N) is 1. The molecule has 4 heteroatoms. The standard InChI is InChI=1S/C26H23Cl2NO/c1-19(17-29(2)18-21-6-4-3-5-7-21)26(30)25(22-10-14-24(28)15-11-22)16-20-8-12-23(27)13-9-20/h3-16H,1,17-18H2,2H3/b25-16+. The molecular weight excluding hydrogens is 413 g/mol. The van der Waals surface area contributed by atoms with Crippen molar-refractivity contribution in [2.75, 3.05) is 13.6 Å². The van der Waals surface area contributed by atoms with Gasteiger partial charge < -0.3 is 0 Å². The lowest BCUT2D eigenvalue weighted by molar-refractivity contribution is -0.110. The lowest BCUT2D eigenvalue weighted by atomic mass is 9.95. The number of halogens is 2. The van der Waals surface area contributed by atoms with E-state index >= 15 is 0 Å². The Morgan fingerprint density at radius 2 is 1.47 bits per heavy atom. The van der Waals surface area contributed by atoms with Crippen LogP contribution in [0.4, 0.5) is 0 Å². The Morgan fingerprint density at radius 3 is 2.07 bits per heavy atom. The van der Waals surface area contributed by atoms with E-state index < -0.39 is 0 Å². The van der Waals surface area contributed by atoms with Crippen LogP contribution in [-0.2, 0) is 11.3 Å². The zero-order chi connectivity index (χ0) is 21.5. The number of carbonyl (C=O) groups is 1. The van der Waals surface area contributed by atoms with Crippen LogP contribution < -0.4 is 0 Å². The van der Waals surface area contributed by atoms with Gasteiger partial charge in [0.05, 0.1) is 0 Å². The second-order valence-corrected chi connectivity index (χ2v) is 8.08. The fourth-order valence-electron chi connectivity index (χ4n) is 3.17. The minimum atomic E-state index is -0.0906. The molecule has 0 aliphatic rings. The Labute approximate surface area is 188 Å². The summed E-state index contributed by atoms with van der Waals surface area (Å²) in [5.74, 6) is -0.0906. The molecule has 0 amide bonds. The van der Waals surface area contributed by atoms with Crippen LogP contribution in [0.2, 0.25) is 10.0 Å². The first-order chi connectivity index (χ1) is 14.4. The molecule has 3 rings (SSSR count). The summed E-state index contributed by atoms with van der Waals surface area (Å²) in [5, 5.41) is 1.27. The van der Waals surface area contributed by atoms with Gasteiger partial charge in [0.1, 0.15) is 0 Å². The number of benzene rings is 3. The number of hydrogen-bond donors (Lipinski definition) is 0. The fourth-order valence-corrected chi connectivity index (χ4v) is 3.43. The molecule has 152 valence electrons. The Kier molecular flexibility index (Phi) is 7.64. The SMILES string of the molecule is C=C(CN(C)Cc1ccccc1)C(=O)/C(=C/c1ccc(Cl)cc1)c1ccc(Cl)cc1.